The fraction of sp³-hybridized carbons (Fsp3) is 0.0270. The van der Waals surface area contributed by atoms with Crippen LogP contribution in [0.4, 0.5) is 0 Å². The van der Waals surface area contributed by atoms with Crippen LogP contribution in [0.3, 0.4) is 0 Å². The van der Waals surface area contributed by atoms with Gasteiger partial charge in [0, 0.05) is 27.2 Å². The SMILES string of the molecule is C=C/C(C#N)=C(\C(C#N)=C(/C)n1c2ccccc2c2cc3ccccc3cc21)n1c2ccccc2c2ccccc21. The van der Waals surface area contributed by atoms with Crippen molar-refractivity contribution in [2.24, 2.45) is 0 Å². The summed E-state index contributed by atoms with van der Waals surface area (Å²) in [7, 11) is 0. The molecule has 0 amide bonds. The molecule has 2 aromatic heterocycles. The Morgan fingerprint density at radius 1 is 0.610 bits per heavy atom. The van der Waals surface area contributed by atoms with Crippen molar-refractivity contribution in [2.45, 2.75) is 6.92 Å². The molecule has 0 atom stereocenters. The zero-order valence-corrected chi connectivity index (χ0v) is 22.5. The first-order chi connectivity index (χ1) is 20.2. The van der Waals surface area contributed by atoms with Gasteiger partial charge in [0.15, 0.2) is 0 Å². The van der Waals surface area contributed by atoms with Crippen LogP contribution in [-0.4, -0.2) is 9.13 Å². The van der Waals surface area contributed by atoms with Crippen molar-refractivity contribution < 1.29 is 0 Å². The van der Waals surface area contributed by atoms with E-state index in [-0.39, 0.29) is 0 Å². The highest BCUT2D eigenvalue weighted by molar-refractivity contribution is 6.15. The number of aromatic nitrogens is 2. The molecule has 0 N–H and O–H groups in total. The average Bonchev–Trinajstić information content (AvgIpc) is 3.52. The lowest BCUT2D eigenvalue weighted by atomic mass is 10.0. The van der Waals surface area contributed by atoms with E-state index >= 15 is 0 Å². The van der Waals surface area contributed by atoms with Gasteiger partial charge in [0.2, 0.25) is 0 Å². The van der Waals surface area contributed by atoms with Gasteiger partial charge >= 0.3 is 0 Å². The third kappa shape index (κ3) is 3.52. The molecule has 7 aromatic rings. The first kappa shape index (κ1) is 24.2. The molecular weight excluding hydrogens is 500 g/mol. The predicted octanol–water partition coefficient (Wildman–Crippen LogP) is 9.43. The number of nitrogens with zero attached hydrogens (tertiary/aromatic N) is 4. The van der Waals surface area contributed by atoms with Gasteiger partial charge in [-0.25, -0.2) is 0 Å². The van der Waals surface area contributed by atoms with E-state index in [1.165, 1.54) is 0 Å². The molecule has 7 rings (SSSR count). The third-order valence-electron chi connectivity index (χ3n) is 7.97. The number of nitriles is 2. The molecule has 4 nitrogen and oxygen atoms in total. The Bertz CT molecular complexity index is 2310. The number of hydrogen-bond acceptors (Lipinski definition) is 2. The molecule has 41 heavy (non-hydrogen) atoms. The van der Waals surface area contributed by atoms with E-state index in [0.717, 1.165) is 60.1 Å². The molecule has 4 heteroatoms. The summed E-state index contributed by atoms with van der Waals surface area (Å²) in [6, 6.07) is 42.0. The number of allylic oxidation sites excluding steroid dienone is 5. The summed E-state index contributed by atoms with van der Waals surface area (Å²) in [5.74, 6) is 0. The van der Waals surface area contributed by atoms with Crippen molar-refractivity contribution >= 4 is 65.8 Å². The molecule has 0 aliphatic heterocycles. The minimum absolute atomic E-state index is 0.332. The van der Waals surface area contributed by atoms with Crippen LogP contribution in [0.25, 0.3) is 65.8 Å². The van der Waals surface area contributed by atoms with E-state index in [1.807, 2.05) is 72.2 Å². The van der Waals surface area contributed by atoms with Gasteiger partial charge in [-0.15, -0.1) is 0 Å². The quantitative estimate of drug-likeness (QED) is 0.170. The van der Waals surface area contributed by atoms with Crippen LogP contribution in [0, 0.1) is 22.7 Å². The molecule has 0 unspecified atom stereocenters. The van der Waals surface area contributed by atoms with Crippen LogP contribution in [0.2, 0.25) is 0 Å². The monoisotopic (exact) mass is 524 g/mol. The minimum Gasteiger partial charge on any atom is -0.312 e. The first-order valence-electron chi connectivity index (χ1n) is 13.4. The predicted molar refractivity (Wildman–Crippen MR) is 170 cm³/mol. The average molecular weight is 525 g/mol. The van der Waals surface area contributed by atoms with E-state index < -0.39 is 0 Å². The Balaban J connectivity index is 1.65. The molecule has 0 aliphatic carbocycles. The third-order valence-corrected chi connectivity index (χ3v) is 7.97. The van der Waals surface area contributed by atoms with Gasteiger partial charge < -0.3 is 9.13 Å². The van der Waals surface area contributed by atoms with E-state index in [9.17, 15) is 10.5 Å². The Morgan fingerprint density at radius 2 is 1.10 bits per heavy atom. The summed E-state index contributed by atoms with van der Waals surface area (Å²) < 4.78 is 4.19. The smallest absolute Gasteiger partial charge is 0.103 e. The van der Waals surface area contributed by atoms with Crippen LogP contribution in [0.15, 0.2) is 133 Å². The van der Waals surface area contributed by atoms with Crippen LogP contribution >= 0.6 is 0 Å². The first-order valence-corrected chi connectivity index (χ1v) is 13.4. The van der Waals surface area contributed by atoms with Crippen molar-refractivity contribution in [1.29, 1.82) is 10.5 Å². The molecule has 0 spiro atoms. The number of hydrogen-bond donors (Lipinski definition) is 0. The Hall–Kier alpha value is -5.84. The van der Waals surface area contributed by atoms with Gasteiger partial charge in [0.05, 0.1) is 38.9 Å². The fourth-order valence-electron chi connectivity index (χ4n) is 6.16. The van der Waals surface area contributed by atoms with Gasteiger partial charge in [0.25, 0.3) is 0 Å². The van der Waals surface area contributed by atoms with Crippen molar-refractivity contribution in [3.63, 3.8) is 0 Å². The maximum absolute atomic E-state index is 10.9. The second-order valence-electron chi connectivity index (χ2n) is 10.1. The van der Waals surface area contributed by atoms with Gasteiger partial charge in [-0.1, -0.05) is 85.4 Å². The Labute approximate surface area is 237 Å². The molecule has 5 aromatic carbocycles. The highest BCUT2D eigenvalue weighted by Gasteiger charge is 2.23. The van der Waals surface area contributed by atoms with Crippen LogP contribution < -0.4 is 0 Å². The minimum atomic E-state index is 0.332. The normalized spacial score (nSPS) is 12.9. The van der Waals surface area contributed by atoms with Crippen molar-refractivity contribution in [3.05, 3.63) is 133 Å². The zero-order valence-electron chi connectivity index (χ0n) is 22.5. The van der Waals surface area contributed by atoms with Gasteiger partial charge in [-0.2, -0.15) is 10.5 Å². The summed E-state index contributed by atoms with van der Waals surface area (Å²) in [4.78, 5) is 0. The highest BCUT2D eigenvalue weighted by atomic mass is 15.0. The van der Waals surface area contributed by atoms with Crippen LogP contribution in [0.1, 0.15) is 6.92 Å². The topological polar surface area (TPSA) is 57.4 Å². The van der Waals surface area contributed by atoms with E-state index in [0.29, 0.717) is 16.8 Å². The van der Waals surface area contributed by atoms with Gasteiger partial charge in [-0.05, 0) is 54.1 Å². The fourth-order valence-corrected chi connectivity index (χ4v) is 6.16. The highest BCUT2D eigenvalue weighted by Crippen LogP contribution is 2.39. The lowest BCUT2D eigenvalue weighted by Crippen LogP contribution is -2.07. The molecular formula is C37H24N4. The van der Waals surface area contributed by atoms with Crippen molar-refractivity contribution in [2.75, 3.05) is 0 Å². The van der Waals surface area contributed by atoms with E-state index in [1.54, 1.807) is 6.08 Å². The molecule has 192 valence electrons. The number of para-hydroxylation sites is 3. The van der Waals surface area contributed by atoms with Crippen molar-refractivity contribution in [3.8, 4) is 12.1 Å². The van der Waals surface area contributed by atoms with Gasteiger partial charge in [-0.3, -0.25) is 0 Å². The second-order valence-corrected chi connectivity index (χ2v) is 10.1. The molecule has 0 bridgehead atoms. The number of fused-ring (bicyclic) bond motifs is 7. The molecule has 0 saturated heterocycles. The van der Waals surface area contributed by atoms with Crippen LogP contribution in [-0.2, 0) is 0 Å². The summed E-state index contributed by atoms with van der Waals surface area (Å²) in [5, 5.41) is 27.8. The largest absolute Gasteiger partial charge is 0.312 e. The van der Waals surface area contributed by atoms with Gasteiger partial charge in [0.1, 0.15) is 12.1 Å². The molecule has 0 fully saturated rings. The molecule has 2 heterocycles. The van der Waals surface area contributed by atoms with E-state index in [2.05, 4.69) is 71.8 Å². The molecule has 0 aliphatic rings. The second kappa shape index (κ2) is 9.42. The molecule has 0 saturated carbocycles. The standard InChI is InChI=1S/C37H24N4/c1-3-25(22-38)37(41-34-18-10-6-14-28(34)29-15-7-11-19-35(29)41)32(23-39)24(2)40-33-17-9-8-16-30(33)31-20-26-12-4-5-13-27(26)21-36(31)40/h3-21H,1H2,2H3/b32-24+,37-25-. The number of benzene rings is 5. The Kier molecular flexibility index (Phi) is 5.56. The summed E-state index contributed by atoms with van der Waals surface area (Å²) >= 11 is 0. The molecule has 0 radical (unpaired) electrons. The summed E-state index contributed by atoms with van der Waals surface area (Å²) in [6.45, 7) is 5.93. The lowest BCUT2D eigenvalue weighted by Gasteiger charge is -2.17. The maximum atomic E-state index is 10.9. The lowest BCUT2D eigenvalue weighted by molar-refractivity contribution is 1.15. The number of rotatable bonds is 4. The summed E-state index contributed by atoms with van der Waals surface area (Å²) in [5.41, 5.74) is 5.85. The zero-order chi connectivity index (χ0) is 28.1. The van der Waals surface area contributed by atoms with Crippen molar-refractivity contribution in [1.82, 2.24) is 9.13 Å². The maximum Gasteiger partial charge on any atom is 0.103 e. The van der Waals surface area contributed by atoms with E-state index in [4.69, 9.17) is 0 Å². The Morgan fingerprint density at radius 3 is 1.63 bits per heavy atom. The van der Waals surface area contributed by atoms with Crippen LogP contribution in [0.5, 0.6) is 0 Å². The summed E-state index contributed by atoms with van der Waals surface area (Å²) in [6.07, 6.45) is 1.54.